The lowest BCUT2D eigenvalue weighted by atomic mass is 10.1. The van der Waals surface area contributed by atoms with Gasteiger partial charge < -0.3 is 19.4 Å². The smallest absolute Gasteiger partial charge is 0.262 e. The van der Waals surface area contributed by atoms with Crippen LogP contribution in [0.4, 0.5) is 11.4 Å². The number of carbonyl (C=O) groups is 1. The molecule has 0 aliphatic carbocycles. The first-order valence-electron chi connectivity index (χ1n) is 12.5. The van der Waals surface area contributed by atoms with Crippen molar-refractivity contribution >= 4 is 49.1 Å². The molecule has 1 fully saturated rings. The van der Waals surface area contributed by atoms with E-state index in [4.69, 9.17) is 9.47 Å². The maximum absolute atomic E-state index is 13.3. The van der Waals surface area contributed by atoms with E-state index in [1.54, 1.807) is 30.3 Å². The van der Waals surface area contributed by atoms with E-state index in [9.17, 15) is 13.2 Å². The number of sulfonamides is 1. The molecule has 0 bridgehead atoms. The van der Waals surface area contributed by atoms with Gasteiger partial charge >= 0.3 is 0 Å². The number of aryl methyl sites for hydroxylation is 1. The molecule has 10 nitrogen and oxygen atoms in total. The lowest BCUT2D eigenvalue weighted by Crippen LogP contribution is -2.36. The number of anilines is 2. The van der Waals surface area contributed by atoms with Crippen LogP contribution >= 0.6 is 0 Å². The molecule has 3 heterocycles. The third-order valence-electron chi connectivity index (χ3n) is 6.87. The Morgan fingerprint density at radius 2 is 1.74 bits per heavy atom. The second-order valence-electron chi connectivity index (χ2n) is 9.37. The van der Waals surface area contributed by atoms with Crippen LogP contribution in [0.25, 0.3) is 21.8 Å². The van der Waals surface area contributed by atoms with Crippen LogP contribution in [-0.4, -0.2) is 62.6 Å². The first-order chi connectivity index (χ1) is 18.3. The number of nitrogens with one attached hydrogen (secondary N) is 2. The number of pyridine rings is 1. The van der Waals surface area contributed by atoms with E-state index in [1.165, 1.54) is 20.6 Å². The van der Waals surface area contributed by atoms with Crippen LogP contribution in [0, 0.1) is 0 Å². The van der Waals surface area contributed by atoms with Crippen molar-refractivity contribution < 1.29 is 22.7 Å². The van der Waals surface area contributed by atoms with Crippen LogP contribution in [0.15, 0.2) is 53.4 Å². The van der Waals surface area contributed by atoms with E-state index in [-0.39, 0.29) is 22.4 Å². The number of benzene rings is 2. The van der Waals surface area contributed by atoms with Crippen molar-refractivity contribution in [2.45, 2.75) is 24.2 Å². The van der Waals surface area contributed by atoms with E-state index >= 15 is 0 Å². The van der Waals surface area contributed by atoms with Gasteiger partial charge in [0, 0.05) is 35.1 Å². The van der Waals surface area contributed by atoms with Gasteiger partial charge in [0.05, 0.1) is 31.2 Å². The number of nitrogens with zero attached hydrogens (tertiary/aromatic N) is 3. The fourth-order valence-electron chi connectivity index (χ4n) is 4.93. The number of methoxy groups -OCH3 is 2. The normalized spacial score (nSPS) is 14.5. The molecule has 1 amide bonds. The van der Waals surface area contributed by atoms with Gasteiger partial charge in [-0.15, -0.1) is 0 Å². The first kappa shape index (κ1) is 25.8. The molecule has 38 heavy (non-hydrogen) atoms. The topological polar surface area (TPSA) is 115 Å². The van der Waals surface area contributed by atoms with Gasteiger partial charge in [-0.25, -0.2) is 8.42 Å². The molecular weight excluding hydrogens is 506 g/mol. The van der Waals surface area contributed by atoms with E-state index in [0.29, 0.717) is 18.1 Å². The third-order valence-corrected chi connectivity index (χ3v) is 8.23. The molecule has 1 saturated heterocycles. The fraction of sp³-hybridized carbons (Fsp3) is 0.333. The maximum atomic E-state index is 13.3. The van der Waals surface area contributed by atoms with Crippen LogP contribution in [0.2, 0.25) is 0 Å². The average Bonchev–Trinajstić information content (AvgIpc) is 3.20. The van der Waals surface area contributed by atoms with E-state index < -0.39 is 10.0 Å². The average molecular weight is 538 g/mol. The largest absolute Gasteiger partial charge is 0.481 e. The number of aromatic nitrogens is 2. The van der Waals surface area contributed by atoms with E-state index in [1.807, 2.05) is 29.8 Å². The Bertz CT molecular complexity index is 1610. The van der Waals surface area contributed by atoms with Gasteiger partial charge in [-0.3, -0.25) is 14.4 Å². The highest BCUT2D eigenvalue weighted by Gasteiger charge is 2.20. The van der Waals surface area contributed by atoms with Gasteiger partial charge in [0.1, 0.15) is 5.69 Å². The van der Waals surface area contributed by atoms with Crippen molar-refractivity contribution in [3.8, 4) is 11.8 Å². The molecule has 0 atom stereocenters. The molecule has 0 spiro atoms. The first-order valence-corrected chi connectivity index (χ1v) is 13.9. The van der Waals surface area contributed by atoms with Crippen molar-refractivity contribution in [2.75, 3.05) is 43.9 Å². The summed E-state index contributed by atoms with van der Waals surface area (Å²) in [6.45, 7) is 2.30. The Labute approximate surface area is 221 Å². The van der Waals surface area contributed by atoms with Crippen LogP contribution in [-0.2, 0) is 21.9 Å². The van der Waals surface area contributed by atoms with Gasteiger partial charge in [0.25, 0.3) is 10.0 Å². The molecule has 2 N–H and O–H groups in total. The Morgan fingerprint density at radius 3 is 2.47 bits per heavy atom. The minimum atomic E-state index is -3.94. The summed E-state index contributed by atoms with van der Waals surface area (Å²) in [5.74, 6) is 0.381. The zero-order valence-electron chi connectivity index (χ0n) is 21.7. The SMILES string of the molecule is COc1ccc(NS(=O)(=O)c2ccc3c(c2)c2ccc(NC(=O)CN4CCCCC4)cc2n3C)c(OC)n1. The summed E-state index contributed by atoms with van der Waals surface area (Å²) in [5.41, 5.74) is 2.68. The minimum absolute atomic E-state index is 0.0343. The molecule has 1 aliphatic heterocycles. The second-order valence-corrected chi connectivity index (χ2v) is 11.1. The van der Waals surface area contributed by atoms with Crippen LogP contribution in [0.3, 0.4) is 0 Å². The van der Waals surface area contributed by atoms with Gasteiger partial charge in [0.15, 0.2) is 0 Å². The summed E-state index contributed by atoms with van der Waals surface area (Å²) in [7, 11) is 0.863. The fourth-order valence-corrected chi connectivity index (χ4v) is 6.01. The molecule has 200 valence electrons. The molecule has 0 radical (unpaired) electrons. The molecule has 2 aromatic carbocycles. The Hall–Kier alpha value is -3.83. The molecule has 2 aromatic heterocycles. The Morgan fingerprint density at radius 1 is 0.947 bits per heavy atom. The lowest BCUT2D eigenvalue weighted by molar-refractivity contribution is -0.117. The van der Waals surface area contributed by atoms with Gasteiger partial charge in [-0.1, -0.05) is 12.5 Å². The maximum Gasteiger partial charge on any atom is 0.262 e. The number of ether oxygens (including phenoxy) is 2. The van der Waals surface area contributed by atoms with E-state index in [2.05, 4.69) is 19.9 Å². The minimum Gasteiger partial charge on any atom is -0.481 e. The number of hydrogen-bond acceptors (Lipinski definition) is 7. The summed E-state index contributed by atoms with van der Waals surface area (Å²) in [5, 5.41) is 4.68. The highest BCUT2D eigenvalue weighted by molar-refractivity contribution is 7.92. The molecule has 1 aliphatic rings. The van der Waals surface area contributed by atoms with Gasteiger partial charge in [0.2, 0.25) is 17.7 Å². The zero-order valence-corrected chi connectivity index (χ0v) is 22.5. The van der Waals surface area contributed by atoms with Crippen molar-refractivity contribution in [3.05, 3.63) is 48.5 Å². The monoisotopic (exact) mass is 537 g/mol. The van der Waals surface area contributed by atoms with Crippen molar-refractivity contribution in [1.82, 2.24) is 14.5 Å². The quantitative estimate of drug-likeness (QED) is 0.350. The molecular formula is C27H31N5O5S. The number of carbonyl (C=O) groups excluding carboxylic acids is 1. The summed E-state index contributed by atoms with van der Waals surface area (Å²) in [6, 6.07) is 13.8. The molecule has 5 rings (SSSR count). The van der Waals surface area contributed by atoms with Crippen molar-refractivity contribution in [3.63, 3.8) is 0 Å². The standard InChI is InChI=1S/C27H31N5O5S/c1-31-23-11-8-19(38(34,35)30-22-10-12-26(36-2)29-27(22)37-3)16-21(23)20-9-7-18(15-24(20)31)28-25(33)17-32-13-5-4-6-14-32/h7-12,15-16,30H,4-6,13-14,17H2,1-3H3,(H,28,33). The zero-order chi connectivity index (χ0) is 26.9. The number of likely N-dealkylation sites (tertiary alicyclic amines) is 1. The van der Waals surface area contributed by atoms with Gasteiger partial charge in [-0.2, -0.15) is 4.98 Å². The predicted molar refractivity (Wildman–Crippen MR) is 147 cm³/mol. The summed E-state index contributed by atoms with van der Waals surface area (Å²) in [6.07, 6.45) is 3.49. The number of piperidine rings is 1. The lowest BCUT2D eigenvalue weighted by Gasteiger charge is -2.25. The summed E-state index contributed by atoms with van der Waals surface area (Å²) < 4.78 is 41.4. The number of fused-ring (bicyclic) bond motifs is 3. The molecule has 4 aromatic rings. The highest BCUT2D eigenvalue weighted by atomic mass is 32.2. The number of hydrogen-bond donors (Lipinski definition) is 2. The van der Waals surface area contributed by atoms with Crippen LogP contribution < -0.4 is 19.5 Å². The Balaban J connectivity index is 1.42. The molecule has 0 unspecified atom stereocenters. The van der Waals surface area contributed by atoms with Gasteiger partial charge in [-0.05, 0) is 62.3 Å². The number of amides is 1. The van der Waals surface area contributed by atoms with E-state index in [0.717, 1.165) is 47.7 Å². The second kappa shape index (κ2) is 10.5. The third kappa shape index (κ3) is 5.11. The van der Waals surface area contributed by atoms with Crippen molar-refractivity contribution in [2.24, 2.45) is 7.05 Å². The van der Waals surface area contributed by atoms with Crippen LogP contribution in [0.1, 0.15) is 19.3 Å². The predicted octanol–water partition coefficient (Wildman–Crippen LogP) is 3.97. The number of rotatable bonds is 8. The van der Waals surface area contributed by atoms with Crippen molar-refractivity contribution in [1.29, 1.82) is 0 Å². The molecule has 0 saturated carbocycles. The highest BCUT2D eigenvalue weighted by Crippen LogP contribution is 2.33. The molecule has 11 heteroatoms. The van der Waals surface area contributed by atoms with Crippen LogP contribution in [0.5, 0.6) is 11.8 Å². The Kier molecular flexibility index (Phi) is 7.13. The summed E-state index contributed by atoms with van der Waals surface area (Å²) in [4.78, 5) is 19.0. The summed E-state index contributed by atoms with van der Waals surface area (Å²) >= 11 is 0.